The van der Waals surface area contributed by atoms with Gasteiger partial charge in [-0.1, -0.05) is 36.9 Å². The Kier molecular flexibility index (Phi) is 17.2. The highest BCUT2D eigenvalue weighted by Crippen LogP contribution is 2.32. The van der Waals surface area contributed by atoms with Crippen molar-refractivity contribution in [2.45, 2.75) is 58.4 Å². The largest absolute Gasteiger partial charge is 0.488 e. The average Bonchev–Trinajstić information content (AvgIpc) is 2.99. The monoisotopic (exact) mass is 707 g/mol. The lowest BCUT2D eigenvalue weighted by Crippen LogP contribution is -2.33. The molecule has 0 aliphatic carbocycles. The molecule has 0 bridgehead atoms. The molecule has 3 rings (SSSR count). The molecule has 268 valence electrons. The Morgan fingerprint density at radius 3 is 2.08 bits per heavy atom. The fourth-order valence-electron chi connectivity index (χ4n) is 3.63. The smallest absolute Gasteiger partial charge is 0.461 e. The molecule has 1 amide bonds. The summed E-state index contributed by atoms with van der Waals surface area (Å²) < 4.78 is 137. The van der Waals surface area contributed by atoms with Gasteiger partial charge in [0.05, 0.1) is 11.7 Å². The summed E-state index contributed by atoms with van der Waals surface area (Å²) in [4.78, 5) is 11.5. The Bertz CT molecular complexity index is 1550. The number of hydrogen-bond acceptors (Lipinski definition) is 3. The number of alkyl halides is 7. The van der Waals surface area contributed by atoms with E-state index in [-0.39, 0.29) is 35.9 Å². The Balaban J connectivity index is 0.000000452. The molecular weight excluding hydrogens is 672 g/mol. The molecule has 0 aliphatic rings. The number of rotatable bonds is 12. The number of halogens is 10. The number of nitrogens with one attached hydrogen (secondary N) is 1. The minimum atomic E-state index is -4.82. The van der Waals surface area contributed by atoms with Crippen molar-refractivity contribution in [2.24, 2.45) is 0 Å². The van der Waals surface area contributed by atoms with Gasteiger partial charge in [-0.25, -0.2) is 13.2 Å². The normalized spacial score (nSPS) is 11.3. The molecule has 0 heterocycles. The van der Waals surface area contributed by atoms with Crippen LogP contribution < -0.4 is 14.8 Å². The van der Waals surface area contributed by atoms with Gasteiger partial charge in [-0.3, -0.25) is 4.79 Å². The van der Waals surface area contributed by atoms with Crippen molar-refractivity contribution in [2.75, 3.05) is 6.54 Å². The second-order valence-electron chi connectivity index (χ2n) is 10.2. The number of allylic oxidation sites excluding steroid dienone is 3. The van der Waals surface area contributed by atoms with Gasteiger partial charge in [0.25, 0.3) is 5.91 Å². The van der Waals surface area contributed by atoms with Crippen molar-refractivity contribution >= 4 is 5.91 Å². The summed E-state index contributed by atoms with van der Waals surface area (Å²) >= 11 is 0. The maximum absolute atomic E-state index is 13.7. The molecule has 0 atom stereocenters. The Morgan fingerprint density at radius 1 is 0.898 bits per heavy atom. The first-order valence-electron chi connectivity index (χ1n) is 14.4. The number of benzene rings is 3. The molecule has 3 aromatic carbocycles. The molecule has 0 aromatic heterocycles. The third-order valence-electron chi connectivity index (χ3n) is 5.70. The summed E-state index contributed by atoms with van der Waals surface area (Å²) in [5.41, 5.74) is -0.974. The molecule has 0 saturated heterocycles. The van der Waals surface area contributed by atoms with Crippen LogP contribution in [0.15, 0.2) is 92.1 Å². The SMILES string of the molecule is C=C/C=C\C.C=CCCNC(=O)c1ccc(F)c(C(F)(F)F)c1.CC(C)Oc1cc(Cc2cc(F)cc(OC(F)(F)C(F)F)c2)ccc1F. The van der Waals surface area contributed by atoms with E-state index in [0.29, 0.717) is 30.2 Å². The summed E-state index contributed by atoms with van der Waals surface area (Å²) in [5.74, 6) is -4.32. The van der Waals surface area contributed by atoms with Crippen LogP contribution in [0.2, 0.25) is 0 Å². The van der Waals surface area contributed by atoms with E-state index in [4.69, 9.17) is 4.74 Å². The van der Waals surface area contributed by atoms with Crippen LogP contribution >= 0.6 is 0 Å². The molecule has 1 N–H and O–H groups in total. The van der Waals surface area contributed by atoms with Gasteiger partial charge in [-0.2, -0.15) is 30.7 Å². The minimum absolute atomic E-state index is 0.00499. The summed E-state index contributed by atoms with van der Waals surface area (Å²) in [5, 5.41) is 2.40. The van der Waals surface area contributed by atoms with Gasteiger partial charge in [-0.05, 0) is 87.2 Å². The zero-order valence-electron chi connectivity index (χ0n) is 26.7. The lowest BCUT2D eigenvalue weighted by atomic mass is 10.0. The summed E-state index contributed by atoms with van der Waals surface area (Å²) in [6.45, 7) is 12.6. The van der Waals surface area contributed by atoms with Gasteiger partial charge in [0, 0.05) is 18.2 Å². The highest BCUT2D eigenvalue weighted by Gasteiger charge is 2.44. The van der Waals surface area contributed by atoms with Gasteiger partial charge in [0.2, 0.25) is 0 Å². The Labute approximate surface area is 277 Å². The van der Waals surface area contributed by atoms with E-state index in [1.165, 1.54) is 12.1 Å². The molecule has 0 spiro atoms. The van der Waals surface area contributed by atoms with Crippen molar-refractivity contribution in [1.29, 1.82) is 0 Å². The van der Waals surface area contributed by atoms with E-state index in [0.717, 1.165) is 24.3 Å². The Morgan fingerprint density at radius 2 is 1.55 bits per heavy atom. The van der Waals surface area contributed by atoms with Gasteiger partial charge in [0.1, 0.15) is 17.4 Å². The fraction of sp³-hybridized carbons (Fsp3) is 0.286. The first-order chi connectivity index (χ1) is 22.8. The minimum Gasteiger partial charge on any atom is -0.488 e. The number of ether oxygens (including phenoxy) is 2. The molecular formula is C35H35F10NO3. The van der Waals surface area contributed by atoms with Crippen molar-refractivity contribution in [3.8, 4) is 11.5 Å². The van der Waals surface area contributed by atoms with Crippen LogP contribution in [-0.2, 0) is 12.6 Å². The third-order valence-corrected chi connectivity index (χ3v) is 5.70. The van der Waals surface area contributed by atoms with Crippen LogP contribution in [0.25, 0.3) is 0 Å². The molecule has 3 aromatic rings. The lowest BCUT2D eigenvalue weighted by molar-refractivity contribution is -0.253. The molecule has 0 aliphatic heterocycles. The second-order valence-corrected chi connectivity index (χ2v) is 10.2. The third kappa shape index (κ3) is 15.3. The fourth-order valence-corrected chi connectivity index (χ4v) is 3.63. The zero-order valence-corrected chi connectivity index (χ0v) is 26.7. The van der Waals surface area contributed by atoms with Crippen LogP contribution in [-0.4, -0.2) is 31.1 Å². The number of hydrogen-bond donors (Lipinski definition) is 1. The molecule has 0 saturated carbocycles. The van der Waals surface area contributed by atoms with E-state index in [1.54, 1.807) is 26.0 Å². The summed E-state index contributed by atoms with van der Waals surface area (Å²) in [6.07, 6.45) is -6.21. The van der Waals surface area contributed by atoms with E-state index in [9.17, 15) is 48.7 Å². The number of carbonyl (C=O) groups excluding carboxylic acids is 1. The van der Waals surface area contributed by atoms with E-state index >= 15 is 0 Å². The topological polar surface area (TPSA) is 47.6 Å². The summed E-state index contributed by atoms with van der Waals surface area (Å²) in [7, 11) is 0. The summed E-state index contributed by atoms with van der Waals surface area (Å²) in [6, 6.07) is 8.76. The predicted molar refractivity (Wildman–Crippen MR) is 167 cm³/mol. The maximum atomic E-state index is 13.7. The van der Waals surface area contributed by atoms with Crippen molar-refractivity contribution in [3.63, 3.8) is 0 Å². The quantitative estimate of drug-likeness (QED) is 0.0883. The van der Waals surface area contributed by atoms with Gasteiger partial charge in [0.15, 0.2) is 11.6 Å². The van der Waals surface area contributed by atoms with Crippen LogP contribution in [0.3, 0.4) is 0 Å². The molecule has 4 nitrogen and oxygen atoms in total. The lowest BCUT2D eigenvalue weighted by Gasteiger charge is -2.17. The van der Waals surface area contributed by atoms with Gasteiger partial charge < -0.3 is 14.8 Å². The van der Waals surface area contributed by atoms with Crippen LogP contribution in [0, 0.1) is 17.5 Å². The van der Waals surface area contributed by atoms with Crippen molar-refractivity contribution in [1.82, 2.24) is 5.32 Å². The molecule has 0 fully saturated rings. The van der Waals surface area contributed by atoms with Crippen molar-refractivity contribution in [3.05, 3.63) is 132 Å². The van der Waals surface area contributed by atoms with Crippen molar-refractivity contribution < 1.29 is 58.2 Å². The Hall–Kier alpha value is -4.75. The molecule has 49 heavy (non-hydrogen) atoms. The standard InChI is InChI=1S/C18H16F6O2.C12H11F4NO.C5H8/c1-10(2)25-16-8-11(3-4-15(16)20)5-12-6-13(19)9-14(7-12)26-18(23,24)17(21)22;1-2-3-6-17-11(18)8-4-5-10(13)9(7-8)12(14,15)16;1-3-5-4-2/h3-4,6-10,17H,5H2,1-2H3;2,4-5,7H,1,3,6H2,(H,17,18);3-5H,1H2,2H3/b;;5-4-. The molecule has 0 unspecified atom stereocenters. The van der Waals surface area contributed by atoms with E-state index < -0.39 is 53.4 Å². The van der Waals surface area contributed by atoms with Gasteiger partial charge >= 0.3 is 18.7 Å². The zero-order chi connectivity index (χ0) is 37.4. The highest BCUT2D eigenvalue weighted by molar-refractivity contribution is 5.94. The average molecular weight is 708 g/mol. The predicted octanol–water partition coefficient (Wildman–Crippen LogP) is 10.5. The second kappa shape index (κ2) is 19.9. The highest BCUT2D eigenvalue weighted by atomic mass is 19.4. The first-order valence-corrected chi connectivity index (χ1v) is 14.4. The number of carbonyl (C=O) groups is 1. The van der Waals surface area contributed by atoms with Crippen LogP contribution in [0.4, 0.5) is 43.9 Å². The van der Waals surface area contributed by atoms with Gasteiger partial charge in [-0.15, -0.1) is 6.58 Å². The van der Waals surface area contributed by atoms with E-state index in [1.807, 2.05) is 19.1 Å². The van der Waals surface area contributed by atoms with Crippen LogP contribution in [0.1, 0.15) is 54.2 Å². The van der Waals surface area contributed by atoms with E-state index in [2.05, 4.69) is 23.2 Å². The molecule has 0 radical (unpaired) electrons. The maximum Gasteiger partial charge on any atom is 0.461 e. The molecule has 14 heteroatoms. The first kappa shape index (κ1) is 42.3. The number of amides is 1. The van der Waals surface area contributed by atoms with Crippen LogP contribution in [0.5, 0.6) is 11.5 Å².